The first-order valence-electron chi connectivity index (χ1n) is 6.98. The van der Waals surface area contributed by atoms with Crippen LogP contribution in [0.5, 0.6) is 0 Å². The first-order chi connectivity index (χ1) is 9.86. The number of nitrogens with zero attached hydrogens (tertiary/aromatic N) is 3. The molecule has 0 aromatic carbocycles. The topological polar surface area (TPSA) is 95.4 Å². The SMILES string of the molecule is CC(C)Cc1nnc(NC(=O)N2CC(C)C(C(=O)O)C2)s1. The molecule has 7 nitrogen and oxygen atoms in total. The standard InChI is InChI=1S/C13H20N4O3S/c1-7(2)4-10-15-16-12(21-10)14-13(20)17-5-8(3)9(6-17)11(18)19/h7-9H,4-6H2,1-3H3,(H,18,19)(H,14,16,20). The molecule has 8 heteroatoms. The van der Waals surface area contributed by atoms with Crippen molar-refractivity contribution < 1.29 is 14.7 Å². The highest BCUT2D eigenvalue weighted by molar-refractivity contribution is 7.15. The second-order valence-corrected chi connectivity index (χ2v) is 6.92. The van der Waals surface area contributed by atoms with E-state index in [1.165, 1.54) is 16.2 Å². The number of aliphatic carboxylic acids is 1. The molecule has 0 spiro atoms. The van der Waals surface area contributed by atoms with Gasteiger partial charge in [-0.3, -0.25) is 10.1 Å². The largest absolute Gasteiger partial charge is 0.481 e. The monoisotopic (exact) mass is 312 g/mol. The summed E-state index contributed by atoms with van der Waals surface area (Å²) in [5.74, 6) is -0.911. The van der Waals surface area contributed by atoms with Crippen molar-refractivity contribution in [1.82, 2.24) is 15.1 Å². The van der Waals surface area contributed by atoms with Gasteiger partial charge in [0.25, 0.3) is 0 Å². The van der Waals surface area contributed by atoms with Crippen LogP contribution in [-0.4, -0.2) is 45.3 Å². The average molecular weight is 312 g/mol. The Labute approximate surface area is 127 Å². The van der Waals surface area contributed by atoms with Crippen molar-refractivity contribution in [2.75, 3.05) is 18.4 Å². The van der Waals surface area contributed by atoms with Crippen LogP contribution in [0.3, 0.4) is 0 Å². The van der Waals surface area contributed by atoms with Crippen molar-refractivity contribution >= 4 is 28.5 Å². The second-order valence-electron chi connectivity index (χ2n) is 5.86. The third-order valence-electron chi connectivity index (χ3n) is 3.48. The normalized spacial score (nSPS) is 21.8. The molecular weight excluding hydrogens is 292 g/mol. The molecule has 2 N–H and O–H groups in total. The number of carbonyl (C=O) groups is 2. The summed E-state index contributed by atoms with van der Waals surface area (Å²) in [7, 11) is 0. The van der Waals surface area contributed by atoms with E-state index in [4.69, 9.17) is 5.11 Å². The van der Waals surface area contributed by atoms with E-state index < -0.39 is 11.9 Å². The lowest BCUT2D eigenvalue weighted by Gasteiger charge is -2.15. The van der Waals surface area contributed by atoms with Crippen molar-refractivity contribution in [1.29, 1.82) is 0 Å². The summed E-state index contributed by atoms with van der Waals surface area (Å²) >= 11 is 1.36. The summed E-state index contributed by atoms with van der Waals surface area (Å²) in [6, 6.07) is -0.308. The van der Waals surface area contributed by atoms with Crippen LogP contribution >= 0.6 is 11.3 Å². The van der Waals surface area contributed by atoms with Gasteiger partial charge in [-0.2, -0.15) is 0 Å². The summed E-state index contributed by atoms with van der Waals surface area (Å²) in [6.07, 6.45) is 0.829. The van der Waals surface area contributed by atoms with E-state index in [0.29, 0.717) is 17.6 Å². The molecule has 2 rings (SSSR count). The van der Waals surface area contributed by atoms with Gasteiger partial charge in [-0.15, -0.1) is 10.2 Å². The Morgan fingerprint density at radius 3 is 2.71 bits per heavy atom. The third kappa shape index (κ3) is 3.90. The molecular formula is C13H20N4O3S. The van der Waals surface area contributed by atoms with Gasteiger partial charge in [-0.25, -0.2) is 4.79 Å². The van der Waals surface area contributed by atoms with Gasteiger partial charge in [0.15, 0.2) is 0 Å². The van der Waals surface area contributed by atoms with Gasteiger partial charge < -0.3 is 10.0 Å². The summed E-state index contributed by atoms with van der Waals surface area (Å²) in [5, 5.41) is 21.1. The average Bonchev–Trinajstić information content (AvgIpc) is 2.95. The zero-order valence-corrected chi connectivity index (χ0v) is 13.2. The van der Waals surface area contributed by atoms with Crippen LogP contribution in [0.4, 0.5) is 9.93 Å². The molecule has 1 aromatic rings. The fourth-order valence-electron chi connectivity index (χ4n) is 2.36. The molecule has 116 valence electrons. The van der Waals surface area contributed by atoms with Crippen molar-refractivity contribution in [3.05, 3.63) is 5.01 Å². The van der Waals surface area contributed by atoms with E-state index in [1.807, 2.05) is 6.92 Å². The van der Waals surface area contributed by atoms with Crippen molar-refractivity contribution in [3.8, 4) is 0 Å². The van der Waals surface area contributed by atoms with Gasteiger partial charge in [0, 0.05) is 19.5 Å². The lowest BCUT2D eigenvalue weighted by molar-refractivity contribution is -0.142. The van der Waals surface area contributed by atoms with E-state index in [1.54, 1.807) is 0 Å². The van der Waals surface area contributed by atoms with Crippen LogP contribution in [0.1, 0.15) is 25.8 Å². The van der Waals surface area contributed by atoms with Crippen LogP contribution in [0.2, 0.25) is 0 Å². The smallest absolute Gasteiger partial charge is 0.323 e. The van der Waals surface area contributed by atoms with Gasteiger partial charge in [0.2, 0.25) is 5.13 Å². The first-order valence-corrected chi connectivity index (χ1v) is 7.79. The molecule has 1 saturated heterocycles. The number of rotatable bonds is 4. The number of hydrogen-bond donors (Lipinski definition) is 2. The van der Waals surface area contributed by atoms with Crippen LogP contribution in [-0.2, 0) is 11.2 Å². The number of urea groups is 1. The predicted octanol–water partition coefficient (Wildman–Crippen LogP) is 1.92. The fourth-order valence-corrected chi connectivity index (χ4v) is 3.30. The van der Waals surface area contributed by atoms with Gasteiger partial charge >= 0.3 is 12.0 Å². The zero-order chi connectivity index (χ0) is 15.6. The highest BCUT2D eigenvalue weighted by Crippen LogP contribution is 2.24. The number of likely N-dealkylation sites (tertiary alicyclic amines) is 1. The molecule has 2 heterocycles. The molecule has 0 bridgehead atoms. The number of carbonyl (C=O) groups excluding carboxylic acids is 1. The molecule has 0 radical (unpaired) electrons. The Kier molecular flexibility index (Phi) is 4.76. The number of carboxylic acid groups (broad SMARTS) is 1. The van der Waals surface area contributed by atoms with E-state index >= 15 is 0 Å². The fraction of sp³-hybridized carbons (Fsp3) is 0.692. The van der Waals surface area contributed by atoms with E-state index in [9.17, 15) is 9.59 Å². The minimum atomic E-state index is -0.854. The molecule has 2 unspecified atom stereocenters. The van der Waals surface area contributed by atoms with Crippen LogP contribution < -0.4 is 5.32 Å². The Hall–Kier alpha value is -1.70. The Balaban J connectivity index is 1.93. The van der Waals surface area contributed by atoms with Gasteiger partial charge in [-0.1, -0.05) is 32.1 Å². The lowest BCUT2D eigenvalue weighted by Crippen LogP contribution is -2.33. The molecule has 1 aliphatic heterocycles. The Bertz CT molecular complexity index is 531. The summed E-state index contributed by atoms with van der Waals surface area (Å²) in [6.45, 7) is 6.72. The molecule has 2 atom stereocenters. The number of anilines is 1. The van der Waals surface area contributed by atoms with E-state index in [-0.39, 0.29) is 18.5 Å². The predicted molar refractivity (Wildman–Crippen MR) is 79.3 cm³/mol. The van der Waals surface area contributed by atoms with Crippen molar-refractivity contribution in [2.24, 2.45) is 17.8 Å². The summed E-state index contributed by atoms with van der Waals surface area (Å²) in [4.78, 5) is 24.7. The first kappa shape index (κ1) is 15.7. The molecule has 0 saturated carbocycles. The highest BCUT2D eigenvalue weighted by Gasteiger charge is 2.37. The Morgan fingerprint density at radius 1 is 1.43 bits per heavy atom. The second kappa shape index (κ2) is 6.38. The van der Waals surface area contributed by atoms with Crippen molar-refractivity contribution in [2.45, 2.75) is 27.2 Å². The number of hydrogen-bond acceptors (Lipinski definition) is 5. The lowest BCUT2D eigenvalue weighted by atomic mass is 9.99. The number of aromatic nitrogens is 2. The van der Waals surface area contributed by atoms with Gasteiger partial charge in [-0.05, 0) is 11.8 Å². The summed E-state index contributed by atoms with van der Waals surface area (Å²) < 4.78 is 0. The maximum atomic E-state index is 12.1. The maximum absolute atomic E-state index is 12.1. The number of carboxylic acids is 1. The van der Waals surface area contributed by atoms with Crippen LogP contribution in [0.15, 0.2) is 0 Å². The van der Waals surface area contributed by atoms with Crippen molar-refractivity contribution in [3.63, 3.8) is 0 Å². The zero-order valence-electron chi connectivity index (χ0n) is 12.4. The minimum Gasteiger partial charge on any atom is -0.481 e. The van der Waals surface area contributed by atoms with Gasteiger partial charge in [0.1, 0.15) is 5.01 Å². The van der Waals surface area contributed by atoms with Crippen LogP contribution in [0.25, 0.3) is 0 Å². The number of amides is 2. The third-order valence-corrected chi connectivity index (χ3v) is 4.34. The number of nitrogens with one attached hydrogen (secondary N) is 1. The molecule has 1 aliphatic rings. The molecule has 1 aromatic heterocycles. The molecule has 2 amide bonds. The quantitative estimate of drug-likeness (QED) is 0.885. The van der Waals surface area contributed by atoms with E-state index in [0.717, 1.165) is 11.4 Å². The summed E-state index contributed by atoms with van der Waals surface area (Å²) in [5.41, 5.74) is 0. The maximum Gasteiger partial charge on any atom is 0.323 e. The molecule has 1 fully saturated rings. The van der Waals surface area contributed by atoms with Gasteiger partial charge in [0.05, 0.1) is 5.92 Å². The Morgan fingerprint density at radius 2 is 2.14 bits per heavy atom. The minimum absolute atomic E-state index is 0.0424. The molecule has 21 heavy (non-hydrogen) atoms. The van der Waals surface area contributed by atoms with Crippen LogP contribution in [0, 0.1) is 17.8 Å². The highest BCUT2D eigenvalue weighted by atomic mass is 32.1. The van der Waals surface area contributed by atoms with E-state index in [2.05, 4.69) is 29.4 Å². The molecule has 0 aliphatic carbocycles.